The first-order valence-electron chi connectivity index (χ1n) is 4.34. The normalized spacial score (nSPS) is 10.1. The van der Waals surface area contributed by atoms with Crippen LogP contribution in [0, 0.1) is 0 Å². The van der Waals surface area contributed by atoms with E-state index in [0.29, 0.717) is 21.5 Å². The number of anilines is 1. The van der Waals surface area contributed by atoms with Crippen LogP contribution in [0.2, 0.25) is 10.0 Å². The molecule has 0 spiro atoms. The lowest BCUT2D eigenvalue weighted by Gasteiger charge is -2.06. The van der Waals surface area contributed by atoms with Crippen LogP contribution in [0.1, 0.15) is 0 Å². The second-order valence-electron chi connectivity index (χ2n) is 2.99. The lowest BCUT2D eigenvalue weighted by atomic mass is 10.4. The summed E-state index contributed by atoms with van der Waals surface area (Å²) in [6.45, 7) is 0. The Morgan fingerprint density at radius 2 is 1.81 bits per heavy atom. The Morgan fingerprint density at radius 1 is 1.06 bits per heavy atom. The zero-order chi connectivity index (χ0) is 11.5. The number of hydrogen-bond donors (Lipinski definition) is 1. The highest BCUT2D eigenvalue weighted by Gasteiger charge is 2.05. The minimum absolute atomic E-state index is 0.272. The van der Waals surface area contributed by atoms with Gasteiger partial charge < -0.3 is 10.5 Å². The van der Waals surface area contributed by atoms with Crippen molar-refractivity contribution in [2.24, 2.45) is 0 Å². The molecule has 0 aliphatic rings. The number of nitrogen functional groups attached to an aromatic ring is 1. The highest BCUT2D eigenvalue weighted by atomic mass is 35.5. The number of aromatic nitrogens is 2. The van der Waals surface area contributed by atoms with E-state index < -0.39 is 0 Å². The van der Waals surface area contributed by atoms with Gasteiger partial charge in [-0.05, 0) is 6.07 Å². The molecule has 0 fully saturated rings. The third-order valence-corrected chi connectivity index (χ3v) is 2.15. The number of nitrogens with two attached hydrogens (primary N) is 1. The molecule has 16 heavy (non-hydrogen) atoms. The first kappa shape index (κ1) is 11.0. The molecule has 0 aromatic carbocycles. The Morgan fingerprint density at radius 3 is 2.50 bits per heavy atom. The lowest BCUT2D eigenvalue weighted by molar-refractivity contribution is 0.463. The summed E-state index contributed by atoms with van der Waals surface area (Å²) in [4.78, 5) is 7.83. The highest BCUT2D eigenvalue weighted by molar-refractivity contribution is 6.31. The number of halogens is 2. The summed E-state index contributed by atoms with van der Waals surface area (Å²) in [5, 5.41) is 0.930. The van der Waals surface area contributed by atoms with E-state index >= 15 is 0 Å². The van der Waals surface area contributed by atoms with Crippen molar-refractivity contribution in [3.05, 3.63) is 40.8 Å². The maximum atomic E-state index is 5.76. The number of nitrogens with zero attached hydrogens (tertiary/aromatic N) is 2. The summed E-state index contributed by atoms with van der Waals surface area (Å²) in [5.74, 6) is 0.738. The van der Waals surface area contributed by atoms with Gasteiger partial charge in [-0.3, -0.25) is 4.98 Å². The van der Waals surface area contributed by atoms with E-state index in [2.05, 4.69) is 9.97 Å². The second kappa shape index (κ2) is 4.55. The van der Waals surface area contributed by atoms with E-state index in [0.717, 1.165) is 0 Å². The Labute approximate surface area is 102 Å². The summed E-state index contributed by atoms with van der Waals surface area (Å²) in [6.07, 6.45) is 4.47. The van der Waals surface area contributed by atoms with Gasteiger partial charge in [-0.2, -0.15) is 0 Å². The van der Waals surface area contributed by atoms with E-state index in [9.17, 15) is 0 Å². The number of ether oxygens (including phenoxy) is 1. The summed E-state index contributed by atoms with van der Waals surface area (Å²) in [5.41, 5.74) is 6.04. The molecule has 2 aromatic rings. The van der Waals surface area contributed by atoms with Gasteiger partial charge in [0.05, 0.1) is 21.9 Å². The molecule has 2 heterocycles. The summed E-state index contributed by atoms with van der Waals surface area (Å²) in [7, 11) is 0. The van der Waals surface area contributed by atoms with Gasteiger partial charge in [-0.15, -0.1) is 0 Å². The molecule has 0 aliphatic carbocycles. The topological polar surface area (TPSA) is 61.0 Å². The number of rotatable bonds is 2. The van der Waals surface area contributed by atoms with Crippen molar-refractivity contribution in [1.29, 1.82) is 0 Å². The van der Waals surface area contributed by atoms with Gasteiger partial charge in [0, 0.05) is 18.5 Å². The molecule has 2 rings (SSSR count). The fourth-order valence-corrected chi connectivity index (χ4v) is 1.42. The zero-order valence-electron chi connectivity index (χ0n) is 8.02. The summed E-state index contributed by atoms with van der Waals surface area (Å²) in [6, 6.07) is 3.17. The van der Waals surface area contributed by atoms with Gasteiger partial charge in [0.2, 0.25) is 5.88 Å². The largest absolute Gasteiger partial charge is 0.435 e. The minimum Gasteiger partial charge on any atom is -0.435 e. The molecular weight excluding hydrogens is 249 g/mol. The first-order valence-corrected chi connectivity index (χ1v) is 5.10. The standard InChI is InChI=1S/C10H7Cl2N3O/c11-6-1-8(5-14-3-6)16-10-9(13)2-7(12)4-15-10/h1-5H,13H2. The smallest absolute Gasteiger partial charge is 0.242 e. The molecule has 2 N–H and O–H groups in total. The second-order valence-corrected chi connectivity index (χ2v) is 3.86. The van der Waals surface area contributed by atoms with Gasteiger partial charge in [0.25, 0.3) is 0 Å². The fourth-order valence-electron chi connectivity index (χ4n) is 1.09. The Kier molecular flexibility index (Phi) is 3.12. The molecular formula is C10H7Cl2N3O. The molecule has 0 atom stereocenters. The van der Waals surface area contributed by atoms with Crippen LogP contribution in [0.15, 0.2) is 30.7 Å². The lowest BCUT2D eigenvalue weighted by Crippen LogP contribution is -1.95. The predicted molar refractivity (Wildman–Crippen MR) is 63.0 cm³/mol. The van der Waals surface area contributed by atoms with Crippen LogP contribution in [-0.4, -0.2) is 9.97 Å². The molecule has 2 aromatic heterocycles. The van der Waals surface area contributed by atoms with Gasteiger partial charge in [-0.1, -0.05) is 23.2 Å². The Balaban J connectivity index is 2.27. The van der Waals surface area contributed by atoms with Crippen molar-refractivity contribution >= 4 is 28.9 Å². The summed E-state index contributed by atoms with van der Waals surface area (Å²) < 4.78 is 5.40. The molecule has 0 saturated carbocycles. The Bertz CT molecular complexity index is 519. The third-order valence-electron chi connectivity index (χ3n) is 1.74. The van der Waals surface area contributed by atoms with Crippen LogP contribution in [-0.2, 0) is 0 Å². The van der Waals surface area contributed by atoms with Crippen LogP contribution in [0.5, 0.6) is 11.6 Å². The monoisotopic (exact) mass is 255 g/mol. The van der Waals surface area contributed by atoms with Crippen molar-refractivity contribution in [3.8, 4) is 11.6 Å². The average Bonchev–Trinajstić information content (AvgIpc) is 2.22. The quantitative estimate of drug-likeness (QED) is 0.896. The SMILES string of the molecule is Nc1cc(Cl)cnc1Oc1cncc(Cl)c1. The minimum atomic E-state index is 0.272. The van der Waals surface area contributed by atoms with E-state index in [1.807, 2.05) is 0 Å². The Hall–Kier alpha value is -1.52. The van der Waals surface area contributed by atoms with Crippen molar-refractivity contribution in [1.82, 2.24) is 9.97 Å². The van der Waals surface area contributed by atoms with E-state index in [1.165, 1.54) is 18.6 Å². The fraction of sp³-hybridized carbons (Fsp3) is 0. The molecule has 0 amide bonds. The van der Waals surface area contributed by atoms with E-state index in [-0.39, 0.29) is 5.88 Å². The molecule has 0 bridgehead atoms. The van der Waals surface area contributed by atoms with Crippen molar-refractivity contribution in [3.63, 3.8) is 0 Å². The summed E-state index contributed by atoms with van der Waals surface area (Å²) >= 11 is 11.5. The van der Waals surface area contributed by atoms with Crippen LogP contribution >= 0.6 is 23.2 Å². The maximum absolute atomic E-state index is 5.76. The van der Waals surface area contributed by atoms with Crippen molar-refractivity contribution < 1.29 is 4.74 Å². The van der Waals surface area contributed by atoms with Crippen LogP contribution < -0.4 is 10.5 Å². The molecule has 0 unspecified atom stereocenters. The van der Waals surface area contributed by atoms with Gasteiger partial charge in [0.1, 0.15) is 5.75 Å². The van der Waals surface area contributed by atoms with Gasteiger partial charge in [0.15, 0.2) is 0 Å². The van der Waals surface area contributed by atoms with Gasteiger partial charge in [-0.25, -0.2) is 4.98 Å². The van der Waals surface area contributed by atoms with Crippen LogP contribution in [0.3, 0.4) is 0 Å². The van der Waals surface area contributed by atoms with E-state index in [4.69, 9.17) is 33.7 Å². The molecule has 0 saturated heterocycles. The molecule has 6 heteroatoms. The molecule has 82 valence electrons. The molecule has 4 nitrogen and oxygen atoms in total. The van der Waals surface area contributed by atoms with Gasteiger partial charge >= 0.3 is 0 Å². The molecule has 0 aliphatic heterocycles. The van der Waals surface area contributed by atoms with Crippen molar-refractivity contribution in [2.75, 3.05) is 5.73 Å². The predicted octanol–water partition coefficient (Wildman–Crippen LogP) is 3.16. The number of pyridine rings is 2. The van der Waals surface area contributed by atoms with Crippen LogP contribution in [0.4, 0.5) is 5.69 Å². The first-order chi connectivity index (χ1) is 7.65. The average molecular weight is 256 g/mol. The zero-order valence-corrected chi connectivity index (χ0v) is 9.53. The maximum Gasteiger partial charge on any atom is 0.242 e. The van der Waals surface area contributed by atoms with E-state index in [1.54, 1.807) is 12.1 Å². The van der Waals surface area contributed by atoms with Crippen molar-refractivity contribution in [2.45, 2.75) is 0 Å². The number of hydrogen-bond acceptors (Lipinski definition) is 4. The third kappa shape index (κ3) is 2.53. The van der Waals surface area contributed by atoms with Crippen LogP contribution in [0.25, 0.3) is 0 Å². The highest BCUT2D eigenvalue weighted by Crippen LogP contribution is 2.27. The molecule has 0 radical (unpaired) electrons.